The van der Waals surface area contributed by atoms with E-state index in [0.29, 0.717) is 19.4 Å². The maximum absolute atomic E-state index is 12.8. The van der Waals surface area contributed by atoms with Crippen LogP contribution in [0.4, 0.5) is 0 Å². The van der Waals surface area contributed by atoms with Crippen molar-refractivity contribution in [1.29, 1.82) is 0 Å². The quantitative estimate of drug-likeness (QED) is 0.0346. The molecule has 368 valence electrons. The van der Waals surface area contributed by atoms with E-state index in [2.05, 4.69) is 106 Å². The summed E-state index contributed by atoms with van der Waals surface area (Å²) in [5.74, 6) is -0.424. The molecule has 0 fully saturated rings. The fourth-order valence-corrected chi connectivity index (χ4v) is 7.39. The number of unbranched alkanes of at least 4 members (excludes halogenated alkanes) is 24. The first-order chi connectivity index (χ1) is 31.6. The number of rotatable bonds is 49. The van der Waals surface area contributed by atoms with Gasteiger partial charge in [0.2, 0.25) is 0 Å². The van der Waals surface area contributed by atoms with Gasteiger partial charge in [0, 0.05) is 19.4 Å². The minimum atomic E-state index is -0.557. The van der Waals surface area contributed by atoms with Crippen LogP contribution in [0.3, 0.4) is 0 Å². The minimum absolute atomic E-state index is 0.0662. The smallest absolute Gasteiger partial charge is 0.306 e. The van der Waals surface area contributed by atoms with Crippen LogP contribution in [0.1, 0.15) is 252 Å². The lowest BCUT2D eigenvalue weighted by Gasteiger charge is -2.18. The lowest BCUT2D eigenvalue weighted by Crippen LogP contribution is -2.30. The largest absolute Gasteiger partial charge is 0.462 e. The standard InChI is InChI=1S/C59H102O5/c1-4-7-10-13-16-19-22-25-27-28-29-30-31-33-36-39-42-45-48-51-54-62-55-57(64-59(61)53-50-47-44-41-38-34-24-21-18-15-12-9-6-3)56-63-58(60)52-49-46-43-40-37-35-32-26-23-20-17-14-11-8-5-2/h7,10,16-17,19-20,25-27,29-30,32-33,36,57H,4-6,8-9,11-15,18,21-24,28,31,34-35,37-56H2,1-3H3/b10-7-,19-16-,20-17-,27-25-,30-29-,32-26-,36-33-. The minimum Gasteiger partial charge on any atom is -0.462 e. The molecule has 0 amide bonds. The molecule has 0 N–H and O–H groups in total. The number of allylic oxidation sites excluding steroid dienone is 14. The monoisotopic (exact) mass is 891 g/mol. The average Bonchev–Trinajstić information content (AvgIpc) is 3.30. The summed E-state index contributed by atoms with van der Waals surface area (Å²) in [5, 5.41) is 0. The third kappa shape index (κ3) is 51.7. The highest BCUT2D eigenvalue weighted by molar-refractivity contribution is 5.70. The summed E-state index contributed by atoms with van der Waals surface area (Å²) in [6.45, 7) is 7.63. The van der Waals surface area contributed by atoms with E-state index in [1.807, 2.05) is 0 Å². The van der Waals surface area contributed by atoms with Crippen LogP contribution in [0, 0.1) is 0 Å². The van der Waals surface area contributed by atoms with Gasteiger partial charge in [0.05, 0.1) is 6.61 Å². The molecule has 0 saturated carbocycles. The first-order valence-electron chi connectivity index (χ1n) is 27.1. The van der Waals surface area contributed by atoms with Crippen molar-refractivity contribution >= 4 is 11.9 Å². The molecule has 64 heavy (non-hydrogen) atoms. The Morgan fingerprint density at radius 2 is 0.703 bits per heavy atom. The SMILES string of the molecule is CC/C=C\C/C=C\C/C=C\C/C=C\C/C=C\CCCCCCOCC(COC(=O)CCCCCCC/C=C\C/C=C\CCCCC)OC(=O)CCCCCCCCCCCCCCC. The Bertz CT molecular complexity index is 1190. The highest BCUT2D eigenvalue weighted by Crippen LogP contribution is 2.15. The van der Waals surface area contributed by atoms with Crippen molar-refractivity contribution < 1.29 is 23.8 Å². The molecule has 0 aromatic rings. The Kier molecular flexibility index (Phi) is 51.9. The van der Waals surface area contributed by atoms with Gasteiger partial charge in [0.25, 0.3) is 0 Å². The van der Waals surface area contributed by atoms with Gasteiger partial charge in [0.1, 0.15) is 6.61 Å². The average molecular weight is 891 g/mol. The van der Waals surface area contributed by atoms with E-state index in [0.717, 1.165) is 96.3 Å². The molecule has 0 rings (SSSR count). The van der Waals surface area contributed by atoms with E-state index in [1.54, 1.807) is 0 Å². The number of carbonyl (C=O) groups is 2. The van der Waals surface area contributed by atoms with E-state index in [4.69, 9.17) is 14.2 Å². The van der Waals surface area contributed by atoms with E-state index in [9.17, 15) is 9.59 Å². The second-order valence-corrected chi connectivity index (χ2v) is 17.8. The summed E-state index contributed by atoms with van der Waals surface area (Å²) >= 11 is 0. The predicted octanol–water partition coefficient (Wildman–Crippen LogP) is 18.5. The Balaban J connectivity index is 4.33. The topological polar surface area (TPSA) is 61.8 Å². The number of esters is 2. The molecule has 0 heterocycles. The highest BCUT2D eigenvalue weighted by Gasteiger charge is 2.17. The van der Waals surface area contributed by atoms with Crippen molar-refractivity contribution in [2.24, 2.45) is 0 Å². The molecular formula is C59H102O5. The fourth-order valence-electron chi connectivity index (χ4n) is 7.39. The van der Waals surface area contributed by atoms with Crippen LogP contribution in [0.2, 0.25) is 0 Å². The summed E-state index contributed by atoms with van der Waals surface area (Å²) in [5.41, 5.74) is 0. The third-order valence-corrected chi connectivity index (χ3v) is 11.4. The Morgan fingerprint density at radius 3 is 1.16 bits per heavy atom. The van der Waals surface area contributed by atoms with Gasteiger partial charge in [-0.3, -0.25) is 9.59 Å². The van der Waals surface area contributed by atoms with Crippen LogP contribution < -0.4 is 0 Å². The van der Waals surface area contributed by atoms with Gasteiger partial charge in [-0.25, -0.2) is 0 Å². The van der Waals surface area contributed by atoms with E-state index >= 15 is 0 Å². The van der Waals surface area contributed by atoms with Crippen molar-refractivity contribution in [2.45, 2.75) is 258 Å². The zero-order chi connectivity index (χ0) is 46.3. The molecule has 5 heteroatoms. The van der Waals surface area contributed by atoms with Crippen LogP contribution in [-0.2, 0) is 23.8 Å². The normalized spacial score (nSPS) is 12.9. The van der Waals surface area contributed by atoms with Crippen LogP contribution in [0.15, 0.2) is 85.1 Å². The summed E-state index contributed by atoms with van der Waals surface area (Å²) in [6.07, 6.45) is 71.6. The molecule has 0 aromatic carbocycles. The summed E-state index contributed by atoms with van der Waals surface area (Å²) in [7, 11) is 0. The van der Waals surface area contributed by atoms with E-state index < -0.39 is 6.10 Å². The van der Waals surface area contributed by atoms with Crippen LogP contribution in [0.5, 0.6) is 0 Å². The Hall–Kier alpha value is -2.92. The molecule has 1 unspecified atom stereocenters. The second kappa shape index (κ2) is 54.4. The van der Waals surface area contributed by atoms with Gasteiger partial charge in [0.15, 0.2) is 6.10 Å². The third-order valence-electron chi connectivity index (χ3n) is 11.4. The molecule has 5 nitrogen and oxygen atoms in total. The van der Waals surface area contributed by atoms with Gasteiger partial charge >= 0.3 is 11.9 Å². The molecular weight excluding hydrogens is 789 g/mol. The maximum Gasteiger partial charge on any atom is 0.306 e. The number of hydrogen-bond acceptors (Lipinski definition) is 5. The van der Waals surface area contributed by atoms with Gasteiger partial charge < -0.3 is 14.2 Å². The first kappa shape index (κ1) is 61.1. The van der Waals surface area contributed by atoms with Crippen LogP contribution in [0.25, 0.3) is 0 Å². The zero-order valence-corrected chi connectivity index (χ0v) is 42.3. The highest BCUT2D eigenvalue weighted by atomic mass is 16.6. The first-order valence-corrected chi connectivity index (χ1v) is 27.1. The predicted molar refractivity (Wildman–Crippen MR) is 279 cm³/mol. The van der Waals surface area contributed by atoms with Crippen molar-refractivity contribution in [3.05, 3.63) is 85.1 Å². The lowest BCUT2D eigenvalue weighted by molar-refractivity contribution is -0.163. The molecule has 1 atom stereocenters. The Morgan fingerprint density at radius 1 is 0.359 bits per heavy atom. The molecule has 0 spiro atoms. The molecule has 0 aliphatic rings. The van der Waals surface area contributed by atoms with E-state index in [1.165, 1.54) is 122 Å². The molecule has 0 bridgehead atoms. The van der Waals surface area contributed by atoms with Crippen molar-refractivity contribution in [1.82, 2.24) is 0 Å². The maximum atomic E-state index is 12.8. The van der Waals surface area contributed by atoms with Gasteiger partial charge in [-0.15, -0.1) is 0 Å². The van der Waals surface area contributed by atoms with Gasteiger partial charge in [-0.05, 0) is 96.3 Å². The fraction of sp³-hybridized carbons (Fsp3) is 0.729. The van der Waals surface area contributed by atoms with Gasteiger partial charge in [-0.1, -0.05) is 228 Å². The number of carbonyl (C=O) groups excluding carboxylic acids is 2. The summed E-state index contributed by atoms with van der Waals surface area (Å²) in [6, 6.07) is 0. The summed E-state index contributed by atoms with van der Waals surface area (Å²) in [4.78, 5) is 25.4. The molecule has 0 aliphatic heterocycles. The summed E-state index contributed by atoms with van der Waals surface area (Å²) < 4.78 is 17.4. The lowest BCUT2D eigenvalue weighted by atomic mass is 10.0. The molecule has 0 radical (unpaired) electrons. The molecule has 0 aromatic heterocycles. The van der Waals surface area contributed by atoms with Gasteiger partial charge in [-0.2, -0.15) is 0 Å². The zero-order valence-electron chi connectivity index (χ0n) is 42.3. The van der Waals surface area contributed by atoms with Crippen molar-refractivity contribution in [2.75, 3.05) is 19.8 Å². The van der Waals surface area contributed by atoms with Crippen LogP contribution >= 0.6 is 0 Å². The van der Waals surface area contributed by atoms with E-state index in [-0.39, 0.29) is 25.2 Å². The number of ether oxygens (including phenoxy) is 3. The molecule has 0 aliphatic carbocycles. The van der Waals surface area contributed by atoms with Crippen molar-refractivity contribution in [3.8, 4) is 0 Å². The second-order valence-electron chi connectivity index (χ2n) is 17.8. The molecule has 0 saturated heterocycles. The number of hydrogen-bond donors (Lipinski definition) is 0. The Labute approximate surface area is 397 Å². The van der Waals surface area contributed by atoms with Crippen LogP contribution in [-0.4, -0.2) is 37.9 Å². The van der Waals surface area contributed by atoms with Crippen molar-refractivity contribution in [3.63, 3.8) is 0 Å².